The first-order valence-electron chi connectivity index (χ1n) is 7.91. The van der Waals surface area contributed by atoms with Gasteiger partial charge in [0.25, 0.3) is 0 Å². The number of hydrogen-bond acceptors (Lipinski definition) is 2. The Morgan fingerprint density at radius 1 is 1.48 bits per heavy atom. The highest BCUT2D eigenvalue weighted by Gasteiger charge is 2.39. The monoisotopic (exact) mass is 334 g/mol. The van der Waals surface area contributed by atoms with Gasteiger partial charge < -0.3 is 10.2 Å². The van der Waals surface area contributed by atoms with Gasteiger partial charge in [0.2, 0.25) is 11.8 Å². The van der Waals surface area contributed by atoms with Crippen LogP contribution in [0.4, 0.5) is 5.69 Å². The van der Waals surface area contributed by atoms with Crippen molar-refractivity contribution in [2.24, 2.45) is 5.41 Å². The summed E-state index contributed by atoms with van der Waals surface area (Å²) in [5, 5.41) is 3.67. The Morgan fingerprint density at radius 2 is 2.22 bits per heavy atom. The van der Waals surface area contributed by atoms with Crippen LogP contribution < -0.4 is 5.32 Å². The third-order valence-corrected chi connectivity index (χ3v) is 4.66. The van der Waals surface area contributed by atoms with Crippen LogP contribution in [0.15, 0.2) is 30.9 Å². The van der Waals surface area contributed by atoms with Gasteiger partial charge in [0.15, 0.2) is 0 Å². The molecule has 0 saturated carbocycles. The second-order valence-corrected chi connectivity index (χ2v) is 6.67. The largest absolute Gasteiger partial charge is 0.338 e. The van der Waals surface area contributed by atoms with Crippen LogP contribution in [0.5, 0.6) is 0 Å². The van der Waals surface area contributed by atoms with Gasteiger partial charge in [0.05, 0.1) is 5.41 Å². The number of amides is 2. The zero-order valence-electron chi connectivity index (χ0n) is 13.7. The summed E-state index contributed by atoms with van der Waals surface area (Å²) in [5.74, 6) is -0.180. The Hall–Kier alpha value is -1.81. The van der Waals surface area contributed by atoms with Crippen LogP contribution in [0.1, 0.15) is 32.3 Å². The van der Waals surface area contributed by atoms with Crippen LogP contribution in [0.25, 0.3) is 0 Å². The van der Waals surface area contributed by atoms with Crippen molar-refractivity contribution in [2.75, 3.05) is 18.4 Å². The Bertz CT molecular complexity index is 629. The average molecular weight is 335 g/mol. The molecule has 1 fully saturated rings. The smallest absolute Gasteiger partial charge is 0.245 e. The third-order valence-electron chi connectivity index (χ3n) is 4.43. The van der Waals surface area contributed by atoms with E-state index in [9.17, 15) is 9.59 Å². The number of nitrogens with zero attached hydrogens (tertiary/aromatic N) is 1. The molecule has 1 atom stereocenters. The van der Waals surface area contributed by atoms with Crippen molar-refractivity contribution in [2.45, 2.75) is 33.1 Å². The molecule has 1 aromatic rings. The van der Waals surface area contributed by atoms with E-state index in [0.29, 0.717) is 18.1 Å². The van der Waals surface area contributed by atoms with E-state index >= 15 is 0 Å². The van der Waals surface area contributed by atoms with Gasteiger partial charge in [-0.15, -0.1) is 0 Å². The maximum atomic E-state index is 12.8. The molecule has 4 nitrogen and oxygen atoms in total. The van der Waals surface area contributed by atoms with Gasteiger partial charge in [-0.05, 0) is 56.0 Å². The molecule has 1 aromatic carbocycles. The molecular formula is C18H23ClN2O2. The summed E-state index contributed by atoms with van der Waals surface area (Å²) >= 11 is 6.01. The van der Waals surface area contributed by atoms with Crippen molar-refractivity contribution in [3.05, 3.63) is 41.4 Å². The first kappa shape index (κ1) is 17.5. The van der Waals surface area contributed by atoms with E-state index in [2.05, 4.69) is 11.9 Å². The van der Waals surface area contributed by atoms with Gasteiger partial charge in [-0.3, -0.25) is 9.59 Å². The van der Waals surface area contributed by atoms with Crippen molar-refractivity contribution in [1.29, 1.82) is 0 Å². The van der Waals surface area contributed by atoms with E-state index in [1.54, 1.807) is 11.0 Å². The molecule has 1 saturated heterocycles. The van der Waals surface area contributed by atoms with Crippen molar-refractivity contribution in [3.63, 3.8) is 0 Å². The summed E-state index contributed by atoms with van der Waals surface area (Å²) in [6, 6.07) is 5.47. The predicted octanol–water partition coefficient (Wildman–Crippen LogP) is 3.66. The zero-order chi connectivity index (χ0) is 17.0. The molecule has 2 amide bonds. The maximum absolute atomic E-state index is 12.8. The van der Waals surface area contributed by atoms with Crippen molar-refractivity contribution in [3.8, 4) is 0 Å². The second kappa shape index (κ2) is 7.18. The minimum absolute atomic E-state index is 0.0592. The number of likely N-dealkylation sites (tertiary alicyclic amines) is 1. The fourth-order valence-electron chi connectivity index (χ4n) is 2.99. The highest BCUT2D eigenvalue weighted by Crippen LogP contribution is 2.32. The molecule has 0 aliphatic carbocycles. The Morgan fingerprint density at radius 3 is 2.87 bits per heavy atom. The summed E-state index contributed by atoms with van der Waals surface area (Å²) in [5.41, 5.74) is 1.20. The minimum atomic E-state index is -0.596. The fourth-order valence-corrected chi connectivity index (χ4v) is 3.19. The van der Waals surface area contributed by atoms with Gasteiger partial charge in [-0.1, -0.05) is 25.1 Å². The molecule has 0 aromatic heterocycles. The quantitative estimate of drug-likeness (QED) is 0.854. The normalized spacial score (nSPS) is 20.9. The van der Waals surface area contributed by atoms with Crippen LogP contribution >= 0.6 is 11.6 Å². The lowest BCUT2D eigenvalue weighted by Crippen LogP contribution is -2.49. The highest BCUT2D eigenvalue weighted by molar-refractivity contribution is 6.30. The lowest BCUT2D eigenvalue weighted by atomic mass is 9.80. The molecule has 1 aliphatic rings. The maximum Gasteiger partial charge on any atom is 0.245 e. The number of nitrogens with one attached hydrogen (secondary N) is 1. The van der Waals surface area contributed by atoms with Crippen LogP contribution in [0, 0.1) is 5.41 Å². The summed E-state index contributed by atoms with van der Waals surface area (Å²) in [7, 11) is 0. The average Bonchev–Trinajstić information content (AvgIpc) is 2.55. The SMILES string of the molecule is C=CC(=O)N1CCCC(C)(C(=O)Nc2ccc(Cl)cc2CC)C1. The molecule has 0 bridgehead atoms. The van der Waals surface area contributed by atoms with Gasteiger partial charge >= 0.3 is 0 Å². The van der Waals surface area contributed by atoms with Gasteiger partial charge in [-0.2, -0.15) is 0 Å². The zero-order valence-corrected chi connectivity index (χ0v) is 14.4. The van der Waals surface area contributed by atoms with Crippen molar-refractivity contribution >= 4 is 29.1 Å². The van der Waals surface area contributed by atoms with Crippen molar-refractivity contribution < 1.29 is 9.59 Å². The van der Waals surface area contributed by atoms with E-state index in [4.69, 9.17) is 11.6 Å². The number of carbonyl (C=O) groups excluding carboxylic acids is 2. The van der Waals surface area contributed by atoms with Gasteiger partial charge in [-0.25, -0.2) is 0 Å². The van der Waals surface area contributed by atoms with E-state index in [-0.39, 0.29) is 11.8 Å². The Balaban J connectivity index is 2.16. The number of benzene rings is 1. The number of halogens is 1. The van der Waals surface area contributed by atoms with Gasteiger partial charge in [0.1, 0.15) is 0 Å². The molecular weight excluding hydrogens is 312 g/mol. The summed E-state index contributed by atoms with van der Waals surface area (Å²) in [4.78, 5) is 26.3. The molecule has 1 aliphatic heterocycles. The second-order valence-electron chi connectivity index (χ2n) is 6.24. The lowest BCUT2D eigenvalue weighted by Gasteiger charge is -2.39. The molecule has 124 valence electrons. The van der Waals surface area contributed by atoms with Crippen LogP contribution in [0.2, 0.25) is 5.02 Å². The standard InChI is InChI=1S/C18H23ClN2O2/c1-4-13-11-14(19)7-8-15(13)20-17(23)18(3)9-6-10-21(12-18)16(22)5-2/h5,7-8,11H,2,4,6,9-10,12H2,1,3H3,(H,20,23). The van der Waals surface area contributed by atoms with E-state index < -0.39 is 5.41 Å². The first-order valence-corrected chi connectivity index (χ1v) is 8.28. The summed E-state index contributed by atoms with van der Waals surface area (Å²) < 4.78 is 0. The Kier molecular flexibility index (Phi) is 5.47. The molecule has 0 spiro atoms. The van der Waals surface area contributed by atoms with E-state index in [1.165, 1.54) is 6.08 Å². The first-order chi connectivity index (χ1) is 10.9. The predicted molar refractivity (Wildman–Crippen MR) is 93.6 cm³/mol. The van der Waals surface area contributed by atoms with Crippen LogP contribution in [-0.4, -0.2) is 29.8 Å². The number of carbonyl (C=O) groups is 2. The summed E-state index contributed by atoms with van der Waals surface area (Å²) in [6.45, 7) is 8.54. The summed E-state index contributed by atoms with van der Waals surface area (Å²) in [6.07, 6.45) is 3.66. The molecule has 1 unspecified atom stereocenters. The molecule has 5 heteroatoms. The van der Waals surface area contributed by atoms with Crippen molar-refractivity contribution in [1.82, 2.24) is 4.90 Å². The number of hydrogen-bond donors (Lipinski definition) is 1. The number of piperidine rings is 1. The van der Waals surface area contributed by atoms with Crippen LogP contribution in [-0.2, 0) is 16.0 Å². The third kappa shape index (κ3) is 3.94. The minimum Gasteiger partial charge on any atom is -0.338 e. The number of rotatable bonds is 4. The number of aryl methyl sites for hydroxylation is 1. The molecule has 0 radical (unpaired) electrons. The molecule has 1 N–H and O–H groups in total. The van der Waals surface area contributed by atoms with Gasteiger partial charge in [0, 0.05) is 23.8 Å². The van der Waals surface area contributed by atoms with E-state index in [1.807, 2.05) is 26.0 Å². The lowest BCUT2D eigenvalue weighted by molar-refractivity contribution is -0.134. The van der Waals surface area contributed by atoms with Crippen LogP contribution in [0.3, 0.4) is 0 Å². The fraction of sp³-hybridized carbons (Fsp3) is 0.444. The highest BCUT2D eigenvalue weighted by atomic mass is 35.5. The molecule has 23 heavy (non-hydrogen) atoms. The van der Waals surface area contributed by atoms with E-state index in [0.717, 1.165) is 30.5 Å². The molecule has 2 rings (SSSR count). The number of anilines is 1. The Labute approximate surface area is 142 Å². The topological polar surface area (TPSA) is 49.4 Å². The molecule has 1 heterocycles.